The molecule has 0 saturated heterocycles. The summed E-state index contributed by atoms with van der Waals surface area (Å²) in [7, 11) is 0. The van der Waals surface area contributed by atoms with Gasteiger partial charge in [0.15, 0.2) is 0 Å². The van der Waals surface area contributed by atoms with Gasteiger partial charge in [-0.3, -0.25) is 14.5 Å². The van der Waals surface area contributed by atoms with Crippen molar-refractivity contribution >= 4 is 22.5 Å². The van der Waals surface area contributed by atoms with Gasteiger partial charge in [-0.15, -0.1) is 0 Å². The van der Waals surface area contributed by atoms with Gasteiger partial charge in [0, 0.05) is 23.5 Å². The van der Waals surface area contributed by atoms with Gasteiger partial charge in [-0.1, -0.05) is 12.1 Å². The summed E-state index contributed by atoms with van der Waals surface area (Å²) in [5, 5.41) is 13.1. The van der Waals surface area contributed by atoms with Crippen LogP contribution in [0.4, 0.5) is 16.0 Å². The van der Waals surface area contributed by atoms with Crippen molar-refractivity contribution in [3.05, 3.63) is 117 Å². The molecule has 3 heterocycles. The van der Waals surface area contributed by atoms with E-state index in [2.05, 4.69) is 20.3 Å². The van der Waals surface area contributed by atoms with Crippen molar-refractivity contribution < 1.29 is 4.39 Å². The lowest BCUT2D eigenvalue weighted by Crippen LogP contribution is -2.41. The van der Waals surface area contributed by atoms with Crippen LogP contribution >= 0.6 is 0 Å². The average molecular weight is 479 g/mol. The minimum absolute atomic E-state index is 0.00654. The topological polar surface area (TPSA) is 118 Å². The predicted molar refractivity (Wildman–Crippen MR) is 132 cm³/mol. The number of anilines is 2. The largest absolute Gasteiger partial charge is 0.359 e. The maximum Gasteiger partial charge on any atom is 0.359 e. The van der Waals surface area contributed by atoms with E-state index in [1.54, 1.807) is 49.7 Å². The number of fused-ring (bicyclic) bond motifs is 1. The second-order valence-corrected chi connectivity index (χ2v) is 8.10. The van der Waals surface area contributed by atoms with Crippen LogP contribution in [0.1, 0.15) is 16.7 Å². The normalized spacial score (nSPS) is 10.8. The van der Waals surface area contributed by atoms with E-state index < -0.39 is 17.2 Å². The molecule has 176 valence electrons. The highest BCUT2D eigenvalue weighted by Gasteiger charge is 2.17. The second-order valence-electron chi connectivity index (χ2n) is 8.10. The highest BCUT2D eigenvalue weighted by molar-refractivity contribution is 5.82. The van der Waals surface area contributed by atoms with E-state index in [0.29, 0.717) is 11.3 Å². The second kappa shape index (κ2) is 9.23. The Hall–Kier alpha value is -5.17. The van der Waals surface area contributed by atoms with Gasteiger partial charge in [0.1, 0.15) is 11.9 Å². The van der Waals surface area contributed by atoms with E-state index in [4.69, 9.17) is 0 Å². The van der Waals surface area contributed by atoms with Crippen molar-refractivity contribution in [1.29, 1.82) is 5.26 Å². The number of halogens is 1. The minimum Gasteiger partial charge on any atom is -0.325 e. The highest BCUT2D eigenvalue weighted by Crippen LogP contribution is 2.20. The predicted octanol–water partition coefficient (Wildman–Crippen LogP) is 3.45. The van der Waals surface area contributed by atoms with Crippen LogP contribution in [-0.4, -0.2) is 24.1 Å². The molecule has 0 aliphatic rings. The summed E-state index contributed by atoms with van der Waals surface area (Å²) in [6.07, 6.45) is 4.69. The van der Waals surface area contributed by atoms with Crippen molar-refractivity contribution in [2.45, 2.75) is 13.5 Å². The molecular formula is C26H18FN7O2. The number of rotatable bonds is 5. The Labute approximate surface area is 203 Å². The quantitative estimate of drug-likeness (QED) is 0.410. The number of nitriles is 1. The number of benzene rings is 2. The third kappa shape index (κ3) is 4.33. The molecule has 0 fully saturated rings. The summed E-state index contributed by atoms with van der Waals surface area (Å²) in [5.41, 5.74) is 1.27. The summed E-state index contributed by atoms with van der Waals surface area (Å²) < 4.78 is 16.1. The summed E-state index contributed by atoms with van der Waals surface area (Å²) in [4.78, 5) is 39.1. The number of nitrogens with one attached hydrogen (secondary N) is 1. The van der Waals surface area contributed by atoms with E-state index in [1.807, 2.05) is 12.1 Å². The fourth-order valence-corrected chi connectivity index (χ4v) is 3.84. The molecule has 1 N–H and O–H groups in total. The molecule has 0 aliphatic heterocycles. The van der Waals surface area contributed by atoms with Gasteiger partial charge in [-0.2, -0.15) is 10.2 Å². The van der Waals surface area contributed by atoms with Gasteiger partial charge >= 0.3 is 11.4 Å². The van der Waals surface area contributed by atoms with E-state index in [0.717, 1.165) is 27.1 Å². The maximum absolute atomic E-state index is 13.9. The van der Waals surface area contributed by atoms with Gasteiger partial charge in [-0.05, 0) is 60.5 Å². The molecule has 5 aromatic rings. The fourth-order valence-electron chi connectivity index (χ4n) is 3.84. The van der Waals surface area contributed by atoms with Gasteiger partial charge < -0.3 is 5.32 Å². The summed E-state index contributed by atoms with van der Waals surface area (Å²) in [5.74, 6) is -0.668. The lowest BCUT2D eigenvalue weighted by molar-refractivity contribution is 0.620. The molecule has 0 radical (unpaired) electrons. The van der Waals surface area contributed by atoms with Crippen molar-refractivity contribution in [3.63, 3.8) is 0 Å². The molecule has 0 saturated carbocycles. The van der Waals surface area contributed by atoms with Gasteiger partial charge in [0.2, 0.25) is 5.95 Å². The van der Waals surface area contributed by atoms with Gasteiger partial charge in [0.25, 0.3) is 0 Å². The monoisotopic (exact) mass is 479 g/mol. The van der Waals surface area contributed by atoms with Crippen LogP contribution in [0.25, 0.3) is 16.6 Å². The zero-order valence-electron chi connectivity index (χ0n) is 19.0. The number of nitrogens with zero attached hydrogens (tertiary/aromatic N) is 6. The first-order valence-corrected chi connectivity index (χ1v) is 10.9. The summed E-state index contributed by atoms with van der Waals surface area (Å²) in [6.45, 7) is 1.72. The molecule has 3 aromatic heterocycles. The Morgan fingerprint density at radius 1 is 1.08 bits per heavy atom. The van der Waals surface area contributed by atoms with Crippen LogP contribution in [0, 0.1) is 24.1 Å². The Kier molecular flexibility index (Phi) is 5.80. The summed E-state index contributed by atoms with van der Waals surface area (Å²) in [6, 6.07) is 16.5. The molecule has 0 aliphatic carbocycles. The Morgan fingerprint density at radius 2 is 1.94 bits per heavy atom. The molecule has 9 nitrogen and oxygen atoms in total. The molecule has 2 aromatic carbocycles. The molecular weight excluding hydrogens is 461 g/mol. The first-order valence-electron chi connectivity index (χ1n) is 10.9. The number of pyridine rings is 2. The van der Waals surface area contributed by atoms with E-state index in [-0.39, 0.29) is 23.7 Å². The zero-order valence-corrected chi connectivity index (χ0v) is 19.0. The molecule has 36 heavy (non-hydrogen) atoms. The molecule has 0 spiro atoms. The van der Waals surface area contributed by atoms with Crippen molar-refractivity contribution in [3.8, 4) is 11.8 Å². The van der Waals surface area contributed by atoms with Crippen LogP contribution in [0.2, 0.25) is 0 Å². The number of aryl methyl sites for hydroxylation is 1. The summed E-state index contributed by atoms with van der Waals surface area (Å²) >= 11 is 0. The Bertz CT molecular complexity index is 1790. The molecule has 0 amide bonds. The van der Waals surface area contributed by atoms with Gasteiger partial charge in [0.05, 0.1) is 29.5 Å². The standard InChI is InChI=1S/C26H18FN7O2/c1-16-9-21(14-29-13-16)34-25(35)32-24(31-20-5-7-23-18(11-20)3-2-8-30-23)33(26(34)36)15-17-4-6-22(27)19(10-17)12-28/h2-11,13-14H,15H2,1H3,(H,31,32,35). The minimum atomic E-state index is -0.787. The molecule has 0 unspecified atom stereocenters. The third-order valence-electron chi connectivity index (χ3n) is 5.54. The van der Waals surface area contributed by atoms with Crippen LogP contribution in [0.15, 0.2) is 82.8 Å². The van der Waals surface area contributed by atoms with Crippen LogP contribution in [0.5, 0.6) is 0 Å². The van der Waals surface area contributed by atoms with Gasteiger partial charge in [-0.25, -0.2) is 18.5 Å². The van der Waals surface area contributed by atoms with Crippen molar-refractivity contribution in [2.24, 2.45) is 0 Å². The molecule has 10 heteroatoms. The smallest absolute Gasteiger partial charge is 0.325 e. The first-order chi connectivity index (χ1) is 17.4. The van der Waals surface area contributed by atoms with Crippen molar-refractivity contribution in [1.82, 2.24) is 24.1 Å². The Morgan fingerprint density at radius 3 is 2.75 bits per heavy atom. The van der Waals surface area contributed by atoms with Crippen molar-refractivity contribution in [2.75, 3.05) is 5.32 Å². The number of hydrogen-bond acceptors (Lipinski definition) is 7. The molecule has 0 bridgehead atoms. The third-order valence-corrected chi connectivity index (χ3v) is 5.54. The maximum atomic E-state index is 13.9. The van der Waals surface area contributed by atoms with E-state index >= 15 is 0 Å². The number of hydrogen-bond donors (Lipinski definition) is 1. The van der Waals surface area contributed by atoms with Crippen LogP contribution in [-0.2, 0) is 6.54 Å². The highest BCUT2D eigenvalue weighted by atomic mass is 19.1. The SMILES string of the molecule is Cc1cncc(-n2c(=O)nc(Nc3ccc4ncccc4c3)n(Cc3ccc(F)c(C#N)c3)c2=O)c1. The van der Waals surface area contributed by atoms with E-state index in [1.165, 1.54) is 22.9 Å². The fraction of sp³-hybridized carbons (Fsp3) is 0.0769. The number of aromatic nitrogens is 5. The zero-order chi connectivity index (χ0) is 25.2. The van der Waals surface area contributed by atoms with E-state index in [9.17, 15) is 19.2 Å². The van der Waals surface area contributed by atoms with Crippen LogP contribution < -0.4 is 16.7 Å². The lowest BCUT2D eigenvalue weighted by atomic mass is 10.1. The Balaban J connectivity index is 1.67. The average Bonchev–Trinajstić information content (AvgIpc) is 2.87. The molecule has 5 rings (SSSR count). The molecule has 0 atom stereocenters. The first kappa shape index (κ1) is 22.6. The lowest BCUT2D eigenvalue weighted by Gasteiger charge is -2.16. The van der Waals surface area contributed by atoms with Crippen LogP contribution in [0.3, 0.4) is 0 Å².